The summed E-state index contributed by atoms with van der Waals surface area (Å²) in [6.45, 7) is 0. The van der Waals surface area contributed by atoms with Crippen molar-refractivity contribution in [2.24, 2.45) is 0 Å². The van der Waals surface area contributed by atoms with Crippen molar-refractivity contribution in [3.63, 3.8) is 0 Å². The van der Waals surface area contributed by atoms with E-state index in [2.05, 4.69) is 5.32 Å². The molecule has 4 aromatic carbocycles. The molecule has 0 aromatic heterocycles. The molecule has 4 rings (SSSR count). The van der Waals surface area contributed by atoms with Gasteiger partial charge in [0.2, 0.25) is 5.91 Å². The molecular weight excluding hydrogens is 493 g/mol. The number of carbonyl (C=O) groups excluding carboxylic acids is 2. The third-order valence-electron chi connectivity index (χ3n) is 6.19. The van der Waals surface area contributed by atoms with Gasteiger partial charge in [-0.3, -0.25) is 4.79 Å². The highest BCUT2D eigenvalue weighted by Crippen LogP contribution is 2.39. The highest BCUT2D eigenvalue weighted by atomic mass is 35.5. The molecule has 0 radical (unpaired) electrons. The van der Waals surface area contributed by atoms with Crippen LogP contribution < -0.4 is 5.32 Å². The lowest BCUT2D eigenvalue weighted by Crippen LogP contribution is -2.52. The highest BCUT2D eigenvalue weighted by Gasteiger charge is 2.45. The van der Waals surface area contributed by atoms with Gasteiger partial charge in [-0.1, -0.05) is 120 Å². The summed E-state index contributed by atoms with van der Waals surface area (Å²) in [6, 6.07) is 32.7. The van der Waals surface area contributed by atoms with Crippen LogP contribution >= 0.6 is 23.2 Å². The third-order valence-corrected chi connectivity index (χ3v) is 6.78. The van der Waals surface area contributed by atoms with E-state index in [4.69, 9.17) is 27.9 Å². The number of rotatable bonds is 8. The molecule has 4 nitrogen and oxygen atoms in total. The van der Waals surface area contributed by atoms with Crippen molar-refractivity contribution in [1.29, 1.82) is 0 Å². The van der Waals surface area contributed by atoms with Gasteiger partial charge in [0.25, 0.3) is 0 Å². The molecule has 0 heterocycles. The lowest BCUT2D eigenvalue weighted by Gasteiger charge is -2.35. The molecule has 182 valence electrons. The van der Waals surface area contributed by atoms with E-state index in [1.807, 2.05) is 91.0 Å². The number of halogens is 2. The number of methoxy groups -OCH3 is 1. The van der Waals surface area contributed by atoms with Gasteiger partial charge < -0.3 is 10.1 Å². The van der Waals surface area contributed by atoms with E-state index < -0.39 is 17.4 Å². The minimum atomic E-state index is -1.22. The zero-order valence-electron chi connectivity index (χ0n) is 19.7. The van der Waals surface area contributed by atoms with Crippen molar-refractivity contribution < 1.29 is 14.3 Å². The summed E-state index contributed by atoms with van der Waals surface area (Å²) in [4.78, 5) is 27.3. The number of nitrogens with one attached hydrogen (secondary N) is 1. The number of esters is 1. The van der Waals surface area contributed by atoms with E-state index in [0.29, 0.717) is 15.6 Å². The van der Waals surface area contributed by atoms with E-state index in [1.165, 1.54) is 7.11 Å². The maximum atomic E-state index is 14.5. The van der Waals surface area contributed by atoms with Crippen LogP contribution in [0.5, 0.6) is 0 Å². The SMILES string of the molecule is COC(=O)[C@@H](Cc1ccc(Cl)cc1Cl)NC(=O)C(c1ccccc1)(c1ccccc1)c1ccccc1. The molecule has 0 unspecified atom stereocenters. The van der Waals surface area contributed by atoms with E-state index in [9.17, 15) is 9.59 Å². The Morgan fingerprint density at radius 1 is 0.778 bits per heavy atom. The Morgan fingerprint density at radius 3 is 1.67 bits per heavy atom. The van der Waals surface area contributed by atoms with Crippen LogP contribution in [0.2, 0.25) is 10.0 Å². The molecule has 6 heteroatoms. The summed E-state index contributed by atoms with van der Waals surface area (Å²) >= 11 is 12.4. The molecule has 0 aliphatic rings. The maximum absolute atomic E-state index is 14.5. The predicted molar refractivity (Wildman–Crippen MR) is 143 cm³/mol. The van der Waals surface area contributed by atoms with Gasteiger partial charge in [-0.2, -0.15) is 0 Å². The minimum absolute atomic E-state index is 0.142. The average Bonchev–Trinajstić information content (AvgIpc) is 2.91. The van der Waals surface area contributed by atoms with Gasteiger partial charge in [0.05, 0.1) is 7.11 Å². The smallest absolute Gasteiger partial charge is 0.328 e. The summed E-state index contributed by atoms with van der Waals surface area (Å²) in [5.74, 6) is -0.927. The number of amides is 1. The van der Waals surface area contributed by atoms with Crippen LogP contribution in [-0.2, 0) is 26.2 Å². The zero-order valence-corrected chi connectivity index (χ0v) is 21.2. The van der Waals surface area contributed by atoms with E-state index in [1.54, 1.807) is 18.2 Å². The van der Waals surface area contributed by atoms with Gasteiger partial charge in [0.1, 0.15) is 11.5 Å². The molecule has 36 heavy (non-hydrogen) atoms. The molecule has 4 aromatic rings. The first-order chi connectivity index (χ1) is 17.5. The second-order valence-electron chi connectivity index (χ2n) is 8.34. The first-order valence-corrected chi connectivity index (χ1v) is 12.2. The zero-order chi connectivity index (χ0) is 25.5. The van der Waals surface area contributed by atoms with Gasteiger partial charge >= 0.3 is 5.97 Å². The van der Waals surface area contributed by atoms with E-state index in [0.717, 1.165) is 16.7 Å². The molecule has 1 N–H and O–H groups in total. The second kappa shape index (κ2) is 11.4. The number of ether oxygens (including phenoxy) is 1. The Bertz CT molecular complexity index is 1230. The number of benzene rings is 4. The van der Waals surface area contributed by atoms with Crippen LogP contribution in [0.15, 0.2) is 109 Å². The van der Waals surface area contributed by atoms with Gasteiger partial charge in [0.15, 0.2) is 0 Å². The lowest BCUT2D eigenvalue weighted by atomic mass is 9.68. The molecule has 0 aliphatic carbocycles. The van der Waals surface area contributed by atoms with Gasteiger partial charge in [-0.05, 0) is 34.4 Å². The number of carbonyl (C=O) groups is 2. The van der Waals surface area contributed by atoms with Crippen LogP contribution in [0.25, 0.3) is 0 Å². The van der Waals surface area contributed by atoms with Crippen molar-refractivity contribution in [3.8, 4) is 0 Å². The molecule has 0 aliphatic heterocycles. The monoisotopic (exact) mass is 517 g/mol. The summed E-state index contributed by atoms with van der Waals surface area (Å²) in [5.41, 5.74) is 1.76. The summed E-state index contributed by atoms with van der Waals surface area (Å²) in [7, 11) is 1.30. The Labute approximate surface area is 220 Å². The normalized spacial score (nSPS) is 12.0. The first kappa shape index (κ1) is 25.5. The summed E-state index contributed by atoms with van der Waals surface area (Å²) < 4.78 is 5.06. The van der Waals surface area contributed by atoms with Crippen molar-refractivity contribution in [2.75, 3.05) is 7.11 Å². The van der Waals surface area contributed by atoms with Gasteiger partial charge in [-0.15, -0.1) is 0 Å². The standard InChI is InChI=1S/C30H25Cl2NO3/c1-36-28(34)27(19-21-17-18-25(31)20-26(21)32)33-29(35)30(22-11-5-2-6-12-22,23-13-7-3-8-14-23)24-15-9-4-10-16-24/h2-18,20,27H,19H2,1H3,(H,33,35)/t27-/m1/s1. The third kappa shape index (κ3) is 5.15. The number of hydrogen-bond donors (Lipinski definition) is 1. The molecule has 0 saturated carbocycles. The lowest BCUT2D eigenvalue weighted by molar-refractivity contribution is -0.145. The Morgan fingerprint density at radius 2 is 1.25 bits per heavy atom. The fraction of sp³-hybridized carbons (Fsp3) is 0.133. The Balaban J connectivity index is 1.85. The molecule has 0 saturated heterocycles. The van der Waals surface area contributed by atoms with E-state index >= 15 is 0 Å². The molecule has 1 amide bonds. The van der Waals surface area contributed by atoms with Crippen molar-refractivity contribution >= 4 is 35.1 Å². The van der Waals surface area contributed by atoms with Crippen LogP contribution in [-0.4, -0.2) is 25.0 Å². The molecular formula is C30H25Cl2NO3. The summed E-state index contributed by atoms with van der Waals surface area (Å²) in [5, 5.41) is 3.88. The van der Waals surface area contributed by atoms with Crippen molar-refractivity contribution in [1.82, 2.24) is 5.32 Å². The Hall–Kier alpha value is -3.60. The number of hydrogen-bond acceptors (Lipinski definition) is 3. The molecule has 1 atom stereocenters. The first-order valence-electron chi connectivity index (χ1n) is 11.5. The second-order valence-corrected chi connectivity index (χ2v) is 9.18. The van der Waals surface area contributed by atoms with Crippen molar-refractivity contribution in [3.05, 3.63) is 141 Å². The van der Waals surface area contributed by atoms with Crippen molar-refractivity contribution in [2.45, 2.75) is 17.9 Å². The topological polar surface area (TPSA) is 55.4 Å². The maximum Gasteiger partial charge on any atom is 0.328 e. The van der Waals surface area contributed by atoms with Crippen LogP contribution in [0.4, 0.5) is 0 Å². The largest absolute Gasteiger partial charge is 0.467 e. The van der Waals surface area contributed by atoms with Crippen LogP contribution in [0.1, 0.15) is 22.3 Å². The van der Waals surface area contributed by atoms with Crippen LogP contribution in [0.3, 0.4) is 0 Å². The fourth-order valence-electron chi connectivity index (χ4n) is 4.47. The van der Waals surface area contributed by atoms with Crippen LogP contribution in [0, 0.1) is 0 Å². The highest BCUT2D eigenvalue weighted by molar-refractivity contribution is 6.35. The molecule has 0 fully saturated rings. The quantitative estimate of drug-likeness (QED) is 0.222. The predicted octanol–water partition coefficient (Wildman–Crippen LogP) is 6.23. The average molecular weight is 518 g/mol. The Kier molecular flexibility index (Phi) is 8.09. The molecule has 0 bridgehead atoms. The minimum Gasteiger partial charge on any atom is -0.467 e. The van der Waals surface area contributed by atoms with Gasteiger partial charge in [-0.25, -0.2) is 4.79 Å². The van der Waals surface area contributed by atoms with Gasteiger partial charge in [0, 0.05) is 16.5 Å². The molecule has 0 spiro atoms. The fourth-order valence-corrected chi connectivity index (χ4v) is 4.95. The summed E-state index contributed by atoms with van der Waals surface area (Å²) in [6.07, 6.45) is 0.142. The van der Waals surface area contributed by atoms with E-state index in [-0.39, 0.29) is 12.3 Å².